The monoisotopic (exact) mass is 443 g/mol. The van der Waals surface area contributed by atoms with E-state index in [1.807, 2.05) is 18.2 Å². The van der Waals surface area contributed by atoms with Gasteiger partial charge in [-0.3, -0.25) is 4.79 Å². The fraction of sp³-hybridized carbons (Fsp3) is 0.444. The van der Waals surface area contributed by atoms with E-state index in [4.69, 9.17) is 4.74 Å². The Kier molecular flexibility index (Phi) is 9.42. The minimum absolute atomic E-state index is 0.00936. The van der Waals surface area contributed by atoms with E-state index in [2.05, 4.69) is 20.4 Å². The Bertz CT molecular complexity index is 906. The summed E-state index contributed by atoms with van der Waals surface area (Å²) >= 11 is 0. The molecule has 0 spiro atoms. The maximum Gasteiger partial charge on any atom is 0.273 e. The molecule has 0 unspecified atom stereocenters. The van der Waals surface area contributed by atoms with Crippen molar-refractivity contribution < 1.29 is 18.3 Å². The molecule has 1 aliphatic rings. The lowest BCUT2D eigenvalue weighted by atomic mass is 9.99. The molecule has 2 aromatic rings. The largest absolute Gasteiger partial charge is 0.457 e. The standard InChI is InChI=1S/C20H21F2NO2.C7H14/c1-3-20(21,22)17-5-8-18(9-6-17)25-19-7-4-15-10-11-23(14(2)24)13-16(15)12-19;1-4-6-7(3)5-2/h4-9,12H,3,10-11,13H2,1-2H3;3-6H2,1-2H3. The van der Waals surface area contributed by atoms with Crippen molar-refractivity contribution >= 4 is 5.91 Å². The highest BCUT2D eigenvalue weighted by molar-refractivity contribution is 5.73. The average molecular weight is 444 g/mol. The Morgan fingerprint density at radius 1 is 1.06 bits per heavy atom. The summed E-state index contributed by atoms with van der Waals surface area (Å²) in [6.45, 7) is 12.5. The van der Waals surface area contributed by atoms with Crippen molar-refractivity contribution in [1.29, 1.82) is 0 Å². The molecule has 3 nitrogen and oxygen atoms in total. The second-order valence-corrected chi connectivity index (χ2v) is 8.16. The Balaban J connectivity index is 0.000000451. The van der Waals surface area contributed by atoms with Crippen LogP contribution < -0.4 is 4.74 Å². The van der Waals surface area contributed by atoms with Crippen LogP contribution in [0.4, 0.5) is 8.78 Å². The fourth-order valence-corrected chi connectivity index (χ4v) is 3.50. The smallest absolute Gasteiger partial charge is 0.273 e. The van der Waals surface area contributed by atoms with Crippen LogP contribution in [0.3, 0.4) is 0 Å². The zero-order valence-electron chi connectivity index (χ0n) is 19.7. The topological polar surface area (TPSA) is 29.5 Å². The summed E-state index contributed by atoms with van der Waals surface area (Å²) in [5.41, 5.74) is 3.64. The minimum atomic E-state index is -2.82. The number of carbonyl (C=O) groups is 1. The average Bonchev–Trinajstić information content (AvgIpc) is 2.79. The molecular formula is C27H35F2NO2. The van der Waals surface area contributed by atoms with Gasteiger partial charge < -0.3 is 9.64 Å². The number of ether oxygens (including phenoxy) is 1. The van der Waals surface area contributed by atoms with E-state index in [0.29, 0.717) is 18.0 Å². The number of hydrogen-bond acceptors (Lipinski definition) is 2. The SMILES string of the molecule is C=C(CC)CCC.CCC(F)(F)c1ccc(Oc2ccc3c(c2)CN(C(C)=O)CC3)cc1. The molecule has 0 fully saturated rings. The van der Waals surface area contributed by atoms with E-state index < -0.39 is 5.92 Å². The van der Waals surface area contributed by atoms with Gasteiger partial charge in [-0.2, -0.15) is 0 Å². The summed E-state index contributed by atoms with van der Waals surface area (Å²) in [6.07, 6.45) is 4.19. The third-order valence-electron chi connectivity index (χ3n) is 5.70. The third-order valence-corrected chi connectivity index (χ3v) is 5.70. The van der Waals surface area contributed by atoms with Gasteiger partial charge in [0.05, 0.1) is 0 Å². The summed E-state index contributed by atoms with van der Waals surface area (Å²) in [5.74, 6) is -1.61. The molecule has 174 valence electrons. The maximum absolute atomic E-state index is 13.7. The van der Waals surface area contributed by atoms with Gasteiger partial charge in [-0.1, -0.05) is 45.4 Å². The van der Waals surface area contributed by atoms with Crippen molar-refractivity contribution in [3.63, 3.8) is 0 Å². The predicted octanol–water partition coefficient (Wildman–Crippen LogP) is 7.64. The zero-order valence-corrected chi connectivity index (χ0v) is 19.7. The van der Waals surface area contributed by atoms with Crippen LogP contribution >= 0.6 is 0 Å². The van der Waals surface area contributed by atoms with Crippen molar-refractivity contribution in [2.24, 2.45) is 0 Å². The number of allylic oxidation sites excluding steroid dienone is 1. The molecule has 0 atom stereocenters. The van der Waals surface area contributed by atoms with Gasteiger partial charge in [0.1, 0.15) is 11.5 Å². The number of carbonyl (C=O) groups excluding carboxylic acids is 1. The zero-order chi connectivity index (χ0) is 23.7. The van der Waals surface area contributed by atoms with Crippen LogP contribution in [0, 0.1) is 0 Å². The van der Waals surface area contributed by atoms with E-state index in [9.17, 15) is 13.6 Å². The van der Waals surface area contributed by atoms with Crippen LogP contribution in [0.1, 0.15) is 70.1 Å². The quantitative estimate of drug-likeness (QED) is 0.412. The Morgan fingerprint density at radius 3 is 2.25 bits per heavy atom. The minimum Gasteiger partial charge on any atom is -0.457 e. The molecular weight excluding hydrogens is 408 g/mol. The van der Waals surface area contributed by atoms with Crippen LogP contribution in [0.5, 0.6) is 11.5 Å². The van der Waals surface area contributed by atoms with Gasteiger partial charge >= 0.3 is 0 Å². The number of fused-ring (bicyclic) bond motifs is 1. The summed E-state index contributed by atoms with van der Waals surface area (Å²) in [6, 6.07) is 11.7. The lowest BCUT2D eigenvalue weighted by Crippen LogP contribution is -2.34. The molecule has 5 heteroatoms. The molecule has 0 N–H and O–H groups in total. The molecule has 32 heavy (non-hydrogen) atoms. The van der Waals surface area contributed by atoms with Crippen LogP contribution in [-0.2, 0) is 23.7 Å². The van der Waals surface area contributed by atoms with Crippen molar-refractivity contribution in [3.05, 3.63) is 71.3 Å². The van der Waals surface area contributed by atoms with E-state index in [-0.39, 0.29) is 17.9 Å². The third kappa shape index (κ3) is 7.18. The highest BCUT2D eigenvalue weighted by atomic mass is 19.3. The Morgan fingerprint density at radius 2 is 1.72 bits per heavy atom. The lowest BCUT2D eigenvalue weighted by Gasteiger charge is -2.28. The molecule has 1 heterocycles. The Hall–Kier alpha value is -2.69. The lowest BCUT2D eigenvalue weighted by molar-refractivity contribution is -0.129. The number of halogens is 2. The molecule has 0 saturated carbocycles. The molecule has 0 saturated heterocycles. The maximum atomic E-state index is 13.7. The molecule has 2 aromatic carbocycles. The number of rotatable bonds is 7. The molecule has 0 radical (unpaired) electrons. The van der Waals surface area contributed by atoms with Crippen LogP contribution in [0.15, 0.2) is 54.6 Å². The fourth-order valence-electron chi connectivity index (χ4n) is 3.50. The number of nitrogens with zero attached hydrogens (tertiary/aromatic N) is 1. The van der Waals surface area contributed by atoms with Crippen molar-refractivity contribution in [1.82, 2.24) is 4.90 Å². The number of benzene rings is 2. The first kappa shape index (κ1) is 25.6. The summed E-state index contributed by atoms with van der Waals surface area (Å²) < 4.78 is 33.1. The van der Waals surface area contributed by atoms with Gasteiger partial charge in [0.25, 0.3) is 5.92 Å². The second-order valence-electron chi connectivity index (χ2n) is 8.16. The number of hydrogen-bond donors (Lipinski definition) is 0. The molecule has 3 rings (SSSR count). The molecule has 0 aliphatic carbocycles. The van der Waals surface area contributed by atoms with Gasteiger partial charge in [-0.05, 0) is 66.8 Å². The van der Waals surface area contributed by atoms with Gasteiger partial charge in [-0.25, -0.2) is 8.78 Å². The summed E-state index contributed by atoms with van der Waals surface area (Å²) in [7, 11) is 0. The van der Waals surface area contributed by atoms with Crippen LogP contribution in [0.25, 0.3) is 0 Å². The van der Waals surface area contributed by atoms with E-state index in [1.54, 1.807) is 24.0 Å². The van der Waals surface area contributed by atoms with E-state index in [0.717, 1.165) is 24.9 Å². The predicted molar refractivity (Wildman–Crippen MR) is 126 cm³/mol. The summed E-state index contributed by atoms with van der Waals surface area (Å²) in [5, 5.41) is 0. The van der Waals surface area contributed by atoms with Gasteiger partial charge in [0, 0.05) is 32.0 Å². The van der Waals surface area contributed by atoms with E-state index >= 15 is 0 Å². The Labute approximate surface area is 191 Å². The number of alkyl halides is 2. The second kappa shape index (κ2) is 11.8. The van der Waals surface area contributed by atoms with Crippen molar-refractivity contribution in [3.8, 4) is 11.5 Å². The first-order valence-corrected chi connectivity index (χ1v) is 11.4. The first-order valence-electron chi connectivity index (χ1n) is 11.4. The number of amides is 1. The van der Waals surface area contributed by atoms with Gasteiger partial charge in [0.2, 0.25) is 5.91 Å². The van der Waals surface area contributed by atoms with Crippen molar-refractivity contribution in [2.45, 2.75) is 72.3 Å². The molecule has 0 bridgehead atoms. The van der Waals surface area contributed by atoms with Gasteiger partial charge in [0.15, 0.2) is 0 Å². The van der Waals surface area contributed by atoms with E-state index in [1.165, 1.54) is 43.0 Å². The molecule has 1 amide bonds. The van der Waals surface area contributed by atoms with Gasteiger partial charge in [-0.15, -0.1) is 0 Å². The normalized spacial score (nSPS) is 13.0. The summed E-state index contributed by atoms with van der Waals surface area (Å²) in [4.78, 5) is 13.4. The highest BCUT2D eigenvalue weighted by Gasteiger charge is 2.28. The molecule has 0 aromatic heterocycles. The van der Waals surface area contributed by atoms with Crippen molar-refractivity contribution in [2.75, 3.05) is 6.54 Å². The first-order chi connectivity index (χ1) is 15.2. The van der Waals surface area contributed by atoms with Crippen LogP contribution in [-0.4, -0.2) is 17.4 Å². The molecule has 1 aliphatic heterocycles. The van der Waals surface area contributed by atoms with Crippen LogP contribution in [0.2, 0.25) is 0 Å². The highest BCUT2D eigenvalue weighted by Crippen LogP contribution is 2.33.